The van der Waals surface area contributed by atoms with E-state index in [2.05, 4.69) is 158 Å². The van der Waals surface area contributed by atoms with Crippen molar-refractivity contribution in [3.63, 3.8) is 0 Å². The van der Waals surface area contributed by atoms with Gasteiger partial charge in [-0.1, -0.05) is 195 Å². The van der Waals surface area contributed by atoms with E-state index in [4.69, 9.17) is 28.6 Å². The summed E-state index contributed by atoms with van der Waals surface area (Å²) in [6.45, 7) is 0. The maximum absolute atomic E-state index is 12.5. The van der Waals surface area contributed by atoms with E-state index < -0.39 is 17.0 Å². The van der Waals surface area contributed by atoms with E-state index in [1.165, 1.54) is 0 Å². The summed E-state index contributed by atoms with van der Waals surface area (Å²) >= 11 is -0.556. The van der Waals surface area contributed by atoms with Gasteiger partial charge in [-0.15, -0.1) is 0 Å². The molecule has 0 bridgehead atoms. The molecular formula is C60H46Cl2N2O2Ti. The van der Waals surface area contributed by atoms with Crippen molar-refractivity contribution in [1.82, 2.24) is 0 Å². The van der Waals surface area contributed by atoms with Gasteiger partial charge in [0.15, 0.2) is 0 Å². The van der Waals surface area contributed by atoms with Crippen molar-refractivity contribution in [2.75, 3.05) is 0 Å². The van der Waals surface area contributed by atoms with E-state index in [0.717, 1.165) is 113 Å². The van der Waals surface area contributed by atoms with Crippen molar-refractivity contribution in [1.29, 1.82) is 0 Å². The number of rotatable bonds is 8. The molecule has 1 saturated carbocycles. The summed E-state index contributed by atoms with van der Waals surface area (Å²) in [5.74, 6) is 0.424. The van der Waals surface area contributed by atoms with Crippen LogP contribution < -0.4 is 0 Å². The molecule has 4 nitrogen and oxygen atoms in total. The van der Waals surface area contributed by atoms with Crippen LogP contribution in [0.15, 0.2) is 204 Å². The van der Waals surface area contributed by atoms with Gasteiger partial charge in [0.05, 0.1) is 12.1 Å². The zero-order valence-corrected chi connectivity index (χ0v) is 39.7. The summed E-state index contributed by atoms with van der Waals surface area (Å²) in [5, 5.41) is 33.4. The fourth-order valence-corrected chi connectivity index (χ4v) is 10.0. The van der Waals surface area contributed by atoms with Crippen LogP contribution in [0.25, 0.3) is 87.6 Å². The van der Waals surface area contributed by atoms with Gasteiger partial charge in [0.1, 0.15) is 11.5 Å². The van der Waals surface area contributed by atoms with Crippen LogP contribution in [0, 0.1) is 0 Å². The summed E-state index contributed by atoms with van der Waals surface area (Å²) < 4.78 is 0. The molecule has 0 aliphatic heterocycles. The Morgan fingerprint density at radius 2 is 0.731 bits per heavy atom. The molecule has 2 N–H and O–H groups in total. The number of nitrogens with zero attached hydrogens (tertiary/aromatic N) is 2. The Labute approximate surface area is 407 Å². The third-order valence-corrected chi connectivity index (χ3v) is 13.1. The molecule has 0 heterocycles. The van der Waals surface area contributed by atoms with Gasteiger partial charge in [-0.05, 0) is 90.3 Å². The molecule has 0 saturated heterocycles. The van der Waals surface area contributed by atoms with Crippen LogP contribution in [0.2, 0.25) is 0 Å². The first-order valence-electron chi connectivity index (χ1n) is 22.7. The second kappa shape index (κ2) is 20.1. The number of phenolic OH excluding ortho intramolecular Hbond substituents is 2. The van der Waals surface area contributed by atoms with Crippen LogP contribution >= 0.6 is 18.6 Å². The number of phenols is 2. The van der Waals surface area contributed by atoms with Crippen molar-refractivity contribution in [3.8, 4) is 56.0 Å². The Hall–Kier alpha value is -6.53. The topological polar surface area (TPSA) is 65.2 Å². The normalized spacial score (nSPS) is 15.1. The number of hydrogen-bond acceptors (Lipinski definition) is 4. The van der Waals surface area contributed by atoms with E-state index in [1.807, 2.05) is 48.8 Å². The van der Waals surface area contributed by atoms with Crippen molar-refractivity contribution >= 4 is 74.1 Å². The number of aliphatic imine (C=N–C) groups is 2. The maximum atomic E-state index is 12.5. The van der Waals surface area contributed by atoms with Gasteiger partial charge in [0, 0.05) is 45.8 Å². The first-order valence-corrected chi connectivity index (χ1v) is 27.0. The molecule has 0 spiro atoms. The molecule has 326 valence electrons. The third kappa shape index (κ3) is 8.91. The molecular weight excluding hydrogens is 899 g/mol. The molecule has 0 amide bonds. The average Bonchev–Trinajstić information content (AvgIpc) is 3.38. The van der Waals surface area contributed by atoms with Crippen molar-refractivity contribution < 1.29 is 27.2 Å². The molecule has 0 radical (unpaired) electrons. The zero-order chi connectivity index (χ0) is 45.7. The first-order chi connectivity index (χ1) is 33.0. The van der Waals surface area contributed by atoms with E-state index in [-0.39, 0.29) is 23.6 Å². The van der Waals surface area contributed by atoms with Crippen molar-refractivity contribution in [2.24, 2.45) is 9.98 Å². The molecule has 11 rings (SSSR count). The summed E-state index contributed by atoms with van der Waals surface area (Å²) in [6, 6.07) is 66.9. The monoisotopic (exact) mass is 944 g/mol. The van der Waals surface area contributed by atoms with E-state index in [9.17, 15) is 10.2 Å². The van der Waals surface area contributed by atoms with Crippen LogP contribution in [-0.4, -0.2) is 34.7 Å². The molecule has 67 heavy (non-hydrogen) atoms. The van der Waals surface area contributed by atoms with Crippen LogP contribution in [0.5, 0.6) is 11.5 Å². The average molecular weight is 946 g/mol. The van der Waals surface area contributed by atoms with E-state index >= 15 is 0 Å². The van der Waals surface area contributed by atoms with Crippen molar-refractivity contribution in [3.05, 3.63) is 205 Å². The van der Waals surface area contributed by atoms with Crippen molar-refractivity contribution in [2.45, 2.75) is 37.8 Å². The second-order valence-corrected chi connectivity index (χ2v) is 19.6. The minimum absolute atomic E-state index is 0.0958. The Bertz CT molecular complexity index is 3240. The molecule has 1 aliphatic rings. The Kier molecular flexibility index (Phi) is 13.3. The molecule has 1 aliphatic carbocycles. The predicted molar refractivity (Wildman–Crippen MR) is 281 cm³/mol. The molecule has 10 aromatic rings. The predicted octanol–water partition coefficient (Wildman–Crippen LogP) is 16.6. The number of benzene rings is 10. The number of hydrogen-bond donors (Lipinski definition) is 2. The molecule has 0 unspecified atom stereocenters. The number of aromatic hydroxyl groups is 2. The number of halogens is 2. The molecule has 0 aromatic heterocycles. The summed E-state index contributed by atoms with van der Waals surface area (Å²) in [7, 11) is 9.78. The summed E-state index contributed by atoms with van der Waals surface area (Å²) in [6.07, 6.45) is 7.60. The van der Waals surface area contributed by atoms with Gasteiger partial charge in [0.2, 0.25) is 0 Å². The van der Waals surface area contributed by atoms with Crippen LogP contribution in [0.3, 0.4) is 0 Å². The Morgan fingerprint density at radius 1 is 0.403 bits per heavy atom. The SMILES string of the molecule is Oc1c(C=N[C@@H]2CCCC[C@H]2N=Cc2cc3ccccc3c(-c3c(-c4ccccc4)ccc4ccccc34)c2O)cc2ccccc2c1-c1c(-c2ccccc2)ccc2ccccc12.[Cl][Ti][Cl]. The Morgan fingerprint density at radius 3 is 1.12 bits per heavy atom. The van der Waals surface area contributed by atoms with E-state index in [1.54, 1.807) is 0 Å². The van der Waals surface area contributed by atoms with Gasteiger partial charge >= 0.3 is 35.6 Å². The quantitative estimate of drug-likeness (QED) is 0.118. The van der Waals surface area contributed by atoms with Crippen LogP contribution in [0.1, 0.15) is 36.8 Å². The molecule has 10 aromatic carbocycles. The standard InChI is InChI=1S/C60H46N2O2.2ClH.Ti/c63-59-45(35-43-23-9-13-27-49(43)57(59)55-47-25-11-7-21-41(47)31-33-51(55)39-17-3-1-4-18-39)37-61-53-29-15-16-30-54(53)62-38-46-36-44-24-10-14-28-50(44)58(60(46)64)56-48-26-12-8-22-42(48)32-34-52(56)40-19-5-2-6-20-40;;;/h1-14,17-28,31-38,53-54,63-64H,15-16,29-30H2;2*1H;/q;;;+2/p-2/t53-,54-;;;/m1.../s1. The third-order valence-electron chi connectivity index (χ3n) is 13.1. The second-order valence-electron chi connectivity index (χ2n) is 17.0. The fourth-order valence-electron chi connectivity index (χ4n) is 10.0. The number of fused-ring (bicyclic) bond motifs is 4. The molecule has 7 heteroatoms. The minimum atomic E-state index is -0.556. The van der Waals surface area contributed by atoms with E-state index in [0.29, 0.717) is 11.1 Å². The summed E-state index contributed by atoms with van der Waals surface area (Å²) in [5.41, 5.74) is 9.27. The first kappa shape index (κ1) is 44.3. The van der Waals surface area contributed by atoms with Gasteiger partial charge < -0.3 is 10.2 Å². The Balaban J connectivity index is 0.00000171. The molecule has 2 atom stereocenters. The summed E-state index contributed by atoms with van der Waals surface area (Å²) in [4.78, 5) is 10.5. The van der Waals surface area contributed by atoms with Gasteiger partial charge in [-0.3, -0.25) is 9.98 Å². The van der Waals surface area contributed by atoms with Crippen LogP contribution in [-0.2, 0) is 17.0 Å². The fraction of sp³-hybridized carbons (Fsp3) is 0.100. The van der Waals surface area contributed by atoms with Gasteiger partial charge in [0.25, 0.3) is 0 Å². The van der Waals surface area contributed by atoms with Gasteiger partial charge in [-0.25, -0.2) is 0 Å². The van der Waals surface area contributed by atoms with Gasteiger partial charge in [-0.2, -0.15) is 0 Å². The molecule has 1 fully saturated rings. The zero-order valence-electron chi connectivity index (χ0n) is 36.7. The van der Waals surface area contributed by atoms with Crippen LogP contribution in [0.4, 0.5) is 0 Å².